The lowest BCUT2D eigenvalue weighted by Crippen LogP contribution is -1.80. The van der Waals surface area contributed by atoms with Crippen LogP contribution in [0.2, 0.25) is 0 Å². The third kappa shape index (κ3) is 2.75. The summed E-state index contributed by atoms with van der Waals surface area (Å²) in [6.45, 7) is 1.87. The molecular formula is C21H16N2OS. The monoisotopic (exact) mass is 344 g/mol. The Kier molecular flexibility index (Phi) is 3.90. The van der Waals surface area contributed by atoms with Crippen molar-refractivity contribution in [2.75, 3.05) is 0 Å². The number of azo groups is 1. The largest absolute Gasteiger partial charge is 0.505 e. The first-order valence-electron chi connectivity index (χ1n) is 7.99. The molecular weight excluding hydrogens is 328 g/mol. The molecule has 0 bridgehead atoms. The van der Waals surface area contributed by atoms with Crippen molar-refractivity contribution >= 4 is 45.5 Å². The maximum absolute atomic E-state index is 10.5. The summed E-state index contributed by atoms with van der Waals surface area (Å²) in [4.78, 5) is 0.901. The minimum absolute atomic E-state index is 0.164. The van der Waals surface area contributed by atoms with E-state index in [2.05, 4.69) is 22.9 Å². The quantitative estimate of drug-likeness (QED) is 0.308. The topological polar surface area (TPSA) is 45.0 Å². The lowest BCUT2D eigenvalue weighted by molar-refractivity contribution is 0.473. The first kappa shape index (κ1) is 15.7. The number of benzene rings is 4. The number of phenolic OH excluding ortho intramolecular Hbond substituents is 1. The highest BCUT2D eigenvalue weighted by molar-refractivity contribution is 7.80. The number of aryl methyl sites for hydroxylation is 1. The van der Waals surface area contributed by atoms with Crippen molar-refractivity contribution in [2.45, 2.75) is 11.8 Å². The fraction of sp³-hybridized carbons (Fsp3) is 0.0476. The first-order valence-corrected chi connectivity index (χ1v) is 8.43. The molecule has 0 atom stereocenters. The van der Waals surface area contributed by atoms with E-state index in [1.807, 2.05) is 73.7 Å². The normalized spacial score (nSPS) is 11.6. The smallest absolute Gasteiger partial charge is 0.146 e. The van der Waals surface area contributed by atoms with E-state index in [0.29, 0.717) is 5.69 Å². The molecule has 0 aliphatic carbocycles. The van der Waals surface area contributed by atoms with Gasteiger partial charge in [0.25, 0.3) is 0 Å². The molecule has 0 aliphatic heterocycles. The van der Waals surface area contributed by atoms with Crippen LogP contribution in [0, 0.1) is 6.92 Å². The van der Waals surface area contributed by atoms with E-state index in [1.54, 1.807) is 0 Å². The van der Waals surface area contributed by atoms with Crippen molar-refractivity contribution in [1.82, 2.24) is 0 Å². The highest BCUT2D eigenvalue weighted by atomic mass is 32.1. The number of thiol groups is 1. The molecule has 122 valence electrons. The summed E-state index contributed by atoms with van der Waals surface area (Å²) in [6.07, 6.45) is 0. The molecule has 4 heteroatoms. The van der Waals surface area contributed by atoms with Crippen molar-refractivity contribution < 1.29 is 5.11 Å². The van der Waals surface area contributed by atoms with Gasteiger partial charge in [-0.3, -0.25) is 0 Å². The van der Waals surface area contributed by atoms with Gasteiger partial charge >= 0.3 is 0 Å². The summed E-state index contributed by atoms with van der Waals surface area (Å²) in [6, 6.07) is 21.6. The van der Waals surface area contributed by atoms with Crippen LogP contribution in [0.3, 0.4) is 0 Å². The highest BCUT2D eigenvalue weighted by Gasteiger charge is 2.10. The predicted octanol–water partition coefficient (Wildman–Crippen LogP) is 6.71. The molecule has 0 saturated heterocycles. The van der Waals surface area contributed by atoms with Gasteiger partial charge in [0.15, 0.2) is 0 Å². The zero-order chi connectivity index (χ0) is 17.4. The van der Waals surface area contributed by atoms with Crippen LogP contribution in [0.15, 0.2) is 81.9 Å². The Bertz CT molecular complexity index is 1140. The van der Waals surface area contributed by atoms with E-state index in [9.17, 15) is 5.11 Å². The van der Waals surface area contributed by atoms with Gasteiger partial charge in [0, 0.05) is 15.7 Å². The Balaban J connectivity index is 1.91. The minimum atomic E-state index is 0.164. The third-order valence-corrected chi connectivity index (χ3v) is 4.71. The molecule has 0 saturated carbocycles. The van der Waals surface area contributed by atoms with Gasteiger partial charge in [0.2, 0.25) is 0 Å². The molecule has 3 nitrogen and oxygen atoms in total. The zero-order valence-electron chi connectivity index (χ0n) is 13.6. The maximum atomic E-state index is 10.5. The van der Waals surface area contributed by atoms with Crippen LogP contribution < -0.4 is 0 Å². The number of hydrogen-bond acceptors (Lipinski definition) is 4. The molecule has 4 aromatic rings. The van der Waals surface area contributed by atoms with Crippen molar-refractivity contribution in [3.8, 4) is 5.75 Å². The Morgan fingerprint density at radius 1 is 0.800 bits per heavy atom. The Morgan fingerprint density at radius 3 is 2.28 bits per heavy atom. The van der Waals surface area contributed by atoms with Gasteiger partial charge in [0.05, 0.1) is 5.69 Å². The lowest BCUT2D eigenvalue weighted by atomic mass is 10.0. The molecule has 0 radical (unpaired) electrons. The van der Waals surface area contributed by atoms with Gasteiger partial charge in [-0.2, -0.15) is 0 Å². The minimum Gasteiger partial charge on any atom is -0.505 e. The molecule has 4 rings (SSSR count). The Hall–Kier alpha value is -2.85. The van der Waals surface area contributed by atoms with Gasteiger partial charge in [-0.05, 0) is 41.5 Å². The number of rotatable bonds is 2. The van der Waals surface area contributed by atoms with Crippen LogP contribution in [0.5, 0.6) is 5.75 Å². The molecule has 25 heavy (non-hydrogen) atoms. The maximum Gasteiger partial charge on any atom is 0.146 e. The van der Waals surface area contributed by atoms with E-state index >= 15 is 0 Å². The summed E-state index contributed by atoms with van der Waals surface area (Å²) < 4.78 is 0. The van der Waals surface area contributed by atoms with E-state index < -0.39 is 0 Å². The second-order valence-corrected chi connectivity index (χ2v) is 6.44. The van der Waals surface area contributed by atoms with E-state index in [0.717, 1.165) is 37.7 Å². The van der Waals surface area contributed by atoms with Gasteiger partial charge < -0.3 is 5.11 Å². The van der Waals surface area contributed by atoms with Crippen molar-refractivity contribution in [3.05, 3.63) is 72.3 Å². The SMILES string of the molecule is Cc1cc2ccccc2c(N=Nc2ccc(S)c3ccccc23)c1O. The number of fused-ring (bicyclic) bond motifs is 2. The highest BCUT2D eigenvalue weighted by Crippen LogP contribution is 2.39. The number of hydrogen-bond donors (Lipinski definition) is 2. The van der Waals surface area contributed by atoms with Crippen LogP contribution >= 0.6 is 12.6 Å². The molecule has 0 spiro atoms. The Labute approximate surface area is 151 Å². The standard InChI is InChI=1S/C21H16N2OS/c1-13-12-14-6-2-3-7-15(14)20(21(13)24)23-22-18-10-11-19(25)17-9-5-4-8-16(17)18/h2-12,24-25H,1H3. The summed E-state index contributed by atoms with van der Waals surface area (Å²) >= 11 is 4.50. The van der Waals surface area contributed by atoms with Gasteiger partial charge in [-0.1, -0.05) is 48.5 Å². The average molecular weight is 344 g/mol. The fourth-order valence-electron chi connectivity index (χ4n) is 3.01. The van der Waals surface area contributed by atoms with Gasteiger partial charge in [-0.25, -0.2) is 0 Å². The molecule has 0 fully saturated rings. The van der Waals surface area contributed by atoms with Gasteiger partial charge in [0.1, 0.15) is 11.4 Å². The molecule has 0 amide bonds. The average Bonchev–Trinajstić information content (AvgIpc) is 2.64. The van der Waals surface area contributed by atoms with Crippen molar-refractivity contribution in [2.24, 2.45) is 10.2 Å². The first-order chi connectivity index (χ1) is 12.1. The molecule has 1 N–H and O–H groups in total. The number of aromatic hydroxyl groups is 1. The second kappa shape index (κ2) is 6.22. The predicted molar refractivity (Wildman–Crippen MR) is 106 cm³/mol. The van der Waals surface area contributed by atoms with Crippen LogP contribution in [0.25, 0.3) is 21.5 Å². The third-order valence-electron chi connectivity index (χ3n) is 4.32. The van der Waals surface area contributed by atoms with Crippen molar-refractivity contribution in [3.63, 3.8) is 0 Å². The van der Waals surface area contributed by atoms with Gasteiger partial charge in [-0.15, -0.1) is 22.9 Å². The van der Waals surface area contributed by atoms with Crippen LogP contribution in [0.1, 0.15) is 5.56 Å². The Morgan fingerprint density at radius 2 is 1.48 bits per heavy atom. The molecule has 0 aromatic heterocycles. The lowest BCUT2D eigenvalue weighted by Gasteiger charge is -2.08. The van der Waals surface area contributed by atoms with Crippen LogP contribution in [0.4, 0.5) is 11.4 Å². The zero-order valence-corrected chi connectivity index (χ0v) is 14.5. The van der Waals surface area contributed by atoms with E-state index in [1.165, 1.54) is 0 Å². The number of nitrogens with zero attached hydrogens (tertiary/aromatic N) is 2. The summed E-state index contributed by atoms with van der Waals surface area (Å²) in [5, 5.41) is 23.2. The molecule has 0 aliphatic rings. The van der Waals surface area contributed by atoms with Crippen LogP contribution in [-0.4, -0.2) is 5.11 Å². The fourth-order valence-corrected chi connectivity index (χ4v) is 3.28. The summed E-state index contributed by atoms with van der Waals surface area (Å²) in [5.74, 6) is 0.164. The second-order valence-electron chi connectivity index (χ2n) is 5.96. The summed E-state index contributed by atoms with van der Waals surface area (Å²) in [5.41, 5.74) is 2.02. The molecule has 4 aromatic carbocycles. The molecule has 0 heterocycles. The van der Waals surface area contributed by atoms with Crippen LogP contribution in [-0.2, 0) is 0 Å². The number of phenols is 1. The van der Waals surface area contributed by atoms with Crippen molar-refractivity contribution in [1.29, 1.82) is 0 Å². The molecule has 0 unspecified atom stereocenters. The van der Waals surface area contributed by atoms with E-state index in [4.69, 9.17) is 0 Å². The summed E-state index contributed by atoms with van der Waals surface area (Å²) in [7, 11) is 0. The van der Waals surface area contributed by atoms with E-state index in [-0.39, 0.29) is 5.75 Å².